The van der Waals surface area contributed by atoms with E-state index in [1.54, 1.807) is 6.07 Å². The first kappa shape index (κ1) is 16.7. The quantitative estimate of drug-likeness (QED) is 0.765. The fourth-order valence-corrected chi connectivity index (χ4v) is 3.24. The van der Waals surface area contributed by atoms with Gasteiger partial charge in [0.1, 0.15) is 25.6 Å². The number of aryl methyl sites for hydroxylation is 1. The fourth-order valence-electron chi connectivity index (χ4n) is 3.03. The van der Waals surface area contributed by atoms with Crippen molar-refractivity contribution in [1.82, 2.24) is 14.9 Å². The maximum atomic E-state index is 12.4. The molecule has 134 valence electrons. The highest BCUT2D eigenvalue weighted by Crippen LogP contribution is 2.34. The van der Waals surface area contributed by atoms with Crippen molar-refractivity contribution in [2.45, 2.75) is 20.0 Å². The number of ether oxygens (including phenoxy) is 2. The van der Waals surface area contributed by atoms with Crippen LogP contribution in [-0.2, 0) is 17.9 Å². The van der Waals surface area contributed by atoms with Crippen LogP contribution >= 0.6 is 11.6 Å². The first-order valence-electron chi connectivity index (χ1n) is 8.38. The number of hydrogen-bond acceptors (Lipinski definition) is 4. The molecule has 0 unspecified atom stereocenters. The lowest BCUT2D eigenvalue weighted by atomic mass is 10.2. The molecule has 0 fully saturated rings. The third kappa shape index (κ3) is 3.32. The van der Waals surface area contributed by atoms with Gasteiger partial charge in [0.2, 0.25) is 5.91 Å². The zero-order chi connectivity index (χ0) is 18.1. The van der Waals surface area contributed by atoms with Gasteiger partial charge in [0, 0.05) is 23.7 Å². The van der Waals surface area contributed by atoms with Crippen LogP contribution in [0.15, 0.2) is 36.4 Å². The van der Waals surface area contributed by atoms with Crippen LogP contribution in [0.4, 0.5) is 0 Å². The molecule has 1 aromatic heterocycles. The zero-order valence-corrected chi connectivity index (χ0v) is 15.0. The van der Waals surface area contributed by atoms with Gasteiger partial charge >= 0.3 is 0 Å². The summed E-state index contributed by atoms with van der Waals surface area (Å²) in [5.74, 6) is 2.05. The van der Waals surface area contributed by atoms with Gasteiger partial charge < -0.3 is 19.4 Å². The first-order chi connectivity index (χ1) is 12.6. The summed E-state index contributed by atoms with van der Waals surface area (Å²) in [5.41, 5.74) is 2.59. The largest absolute Gasteiger partial charge is 0.486 e. The zero-order valence-electron chi connectivity index (χ0n) is 14.3. The third-order valence-corrected chi connectivity index (χ3v) is 4.52. The van der Waals surface area contributed by atoms with Gasteiger partial charge in [-0.25, -0.2) is 4.98 Å². The summed E-state index contributed by atoms with van der Waals surface area (Å²) < 4.78 is 13.1. The van der Waals surface area contributed by atoms with E-state index in [0.717, 1.165) is 22.4 Å². The topological polar surface area (TPSA) is 65.4 Å². The number of nitrogens with zero attached hydrogens (tertiary/aromatic N) is 2. The summed E-state index contributed by atoms with van der Waals surface area (Å²) in [7, 11) is 0. The SMILES string of the molecule is Cc1nc2cc3c(cc2n1CC(=O)NCc1cccc(Cl)c1)OCCO3. The Hall–Kier alpha value is -2.73. The van der Waals surface area contributed by atoms with Crippen LogP contribution in [0.1, 0.15) is 11.4 Å². The number of nitrogens with one attached hydrogen (secondary N) is 1. The molecule has 2 heterocycles. The Morgan fingerprint density at radius 1 is 1.23 bits per heavy atom. The van der Waals surface area contributed by atoms with Gasteiger partial charge in [0.15, 0.2) is 11.5 Å². The minimum absolute atomic E-state index is 0.0951. The molecule has 0 radical (unpaired) electrons. The fraction of sp³-hybridized carbons (Fsp3) is 0.263. The van der Waals surface area contributed by atoms with Crippen molar-refractivity contribution in [2.75, 3.05) is 13.2 Å². The first-order valence-corrected chi connectivity index (χ1v) is 8.75. The molecule has 1 aliphatic rings. The lowest BCUT2D eigenvalue weighted by Gasteiger charge is -2.18. The highest BCUT2D eigenvalue weighted by atomic mass is 35.5. The lowest BCUT2D eigenvalue weighted by Crippen LogP contribution is -2.27. The average Bonchev–Trinajstić information content (AvgIpc) is 2.93. The van der Waals surface area contributed by atoms with Gasteiger partial charge in [0.25, 0.3) is 0 Å². The minimum atomic E-state index is -0.0951. The molecule has 1 aliphatic heterocycles. The van der Waals surface area contributed by atoms with Gasteiger partial charge in [-0.15, -0.1) is 0 Å². The summed E-state index contributed by atoms with van der Waals surface area (Å²) in [4.78, 5) is 16.9. The summed E-state index contributed by atoms with van der Waals surface area (Å²) >= 11 is 5.97. The summed E-state index contributed by atoms with van der Waals surface area (Å²) in [5, 5.41) is 3.57. The smallest absolute Gasteiger partial charge is 0.240 e. The van der Waals surface area contributed by atoms with E-state index in [9.17, 15) is 4.79 Å². The predicted molar refractivity (Wildman–Crippen MR) is 98.8 cm³/mol. The molecule has 0 saturated carbocycles. The second-order valence-electron chi connectivity index (χ2n) is 6.14. The van der Waals surface area contributed by atoms with Crippen molar-refractivity contribution >= 4 is 28.5 Å². The molecular weight excluding hydrogens is 354 g/mol. The van der Waals surface area contributed by atoms with Gasteiger partial charge in [-0.3, -0.25) is 4.79 Å². The number of carbonyl (C=O) groups excluding carboxylic acids is 1. The molecule has 3 aromatic rings. The lowest BCUT2D eigenvalue weighted by molar-refractivity contribution is -0.121. The van der Waals surface area contributed by atoms with Crippen LogP contribution in [0.25, 0.3) is 11.0 Å². The van der Waals surface area contributed by atoms with E-state index in [-0.39, 0.29) is 12.5 Å². The highest BCUT2D eigenvalue weighted by molar-refractivity contribution is 6.30. The van der Waals surface area contributed by atoms with Crippen molar-refractivity contribution < 1.29 is 14.3 Å². The van der Waals surface area contributed by atoms with Crippen molar-refractivity contribution in [1.29, 1.82) is 0 Å². The van der Waals surface area contributed by atoms with E-state index in [1.165, 1.54) is 0 Å². The summed E-state index contributed by atoms with van der Waals surface area (Å²) in [6.45, 7) is 3.54. The number of rotatable bonds is 4. The number of fused-ring (bicyclic) bond motifs is 2. The van der Waals surface area contributed by atoms with E-state index < -0.39 is 0 Å². The number of benzene rings is 2. The number of hydrogen-bond donors (Lipinski definition) is 1. The number of carbonyl (C=O) groups is 1. The molecule has 26 heavy (non-hydrogen) atoms. The Labute approximate surface area is 155 Å². The summed E-state index contributed by atoms with van der Waals surface area (Å²) in [6, 6.07) is 11.2. The van der Waals surface area contributed by atoms with E-state index in [1.807, 2.05) is 41.8 Å². The summed E-state index contributed by atoms with van der Waals surface area (Å²) in [6.07, 6.45) is 0. The van der Waals surface area contributed by atoms with E-state index in [2.05, 4.69) is 10.3 Å². The van der Waals surface area contributed by atoms with Crippen molar-refractivity contribution in [3.8, 4) is 11.5 Å². The normalized spacial score (nSPS) is 13.0. The van der Waals surface area contributed by atoms with Crippen molar-refractivity contribution in [3.05, 3.63) is 52.8 Å². The van der Waals surface area contributed by atoms with Crippen LogP contribution < -0.4 is 14.8 Å². The number of imidazole rings is 1. The standard InChI is InChI=1S/C19H18ClN3O3/c1-12-22-15-8-17-18(26-6-5-25-17)9-16(15)23(12)11-19(24)21-10-13-3-2-4-14(20)7-13/h2-4,7-9H,5-6,10-11H2,1H3,(H,21,24). The minimum Gasteiger partial charge on any atom is -0.486 e. The van der Waals surface area contributed by atoms with Crippen LogP contribution in [0, 0.1) is 6.92 Å². The molecule has 1 amide bonds. The molecular formula is C19H18ClN3O3. The Morgan fingerprint density at radius 2 is 2.00 bits per heavy atom. The van der Waals surface area contributed by atoms with Crippen molar-refractivity contribution in [3.63, 3.8) is 0 Å². The van der Waals surface area contributed by atoms with Crippen molar-refractivity contribution in [2.24, 2.45) is 0 Å². The highest BCUT2D eigenvalue weighted by Gasteiger charge is 2.18. The molecule has 7 heteroatoms. The molecule has 0 bridgehead atoms. The second-order valence-corrected chi connectivity index (χ2v) is 6.57. The van der Waals surface area contributed by atoms with E-state index in [4.69, 9.17) is 21.1 Å². The molecule has 2 aromatic carbocycles. The number of aromatic nitrogens is 2. The van der Waals surface area contributed by atoms with Crippen LogP contribution in [-0.4, -0.2) is 28.7 Å². The maximum Gasteiger partial charge on any atom is 0.240 e. The molecule has 0 spiro atoms. The number of halogens is 1. The number of amides is 1. The third-order valence-electron chi connectivity index (χ3n) is 4.28. The van der Waals surface area contributed by atoms with Gasteiger partial charge in [0.05, 0.1) is 11.0 Å². The second kappa shape index (κ2) is 6.88. The Morgan fingerprint density at radius 3 is 2.77 bits per heavy atom. The molecule has 0 aliphatic carbocycles. The van der Waals surface area contributed by atoms with Gasteiger partial charge in [-0.05, 0) is 24.6 Å². The van der Waals surface area contributed by atoms with Crippen LogP contribution in [0.2, 0.25) is 5.02 Å². The molecule has 0 atom stereocenters. The molecule has 4 rings (SSSR count). The Kier molecular flexibility index (Phi) is 4.42. The Bertz CT molecular complexity index is 984. The van der Waals surface area contributed by atoms with Gasteiger partial charge in [-0.1, -0.05) is 23.7 Å². The average molecular weight is 372 g/mol. The van der Waals surface area contributed by atoms with E-state index >= 15 is 0 Å². The molecule has 0 saturated heterocycles. The van der Waals surface area contributed by atoms with Crippen LogP contribution in [0.3, 0.4) is 0 Å². The van der Waals surface area contributed by atoms with E-state index in [0.29, 0.717) is 36.3 Å². The monoisotopic (exact) mass is 371 g/mol. The predicted octanol–water partition coefficient (Wildman–Crippen LogP) is 3.09. The van der Waals surface area contributed by atoms with Gasteiger partial charge in [-0.2, -0.15) is 0 Å². The molecule has 6 nitrogen and oxygen atoms in total. The van der Waals surface area contributed by atoms with Crippen LogP contribution in [0.5, 0.6) is 11.5 Å². The maximum absolute atomic E-state index is 12.4. The molecule has 1 N–H and O–H groups in total. The Balaban J connectivity index is 1.52.